The minimum atomic E-state index is -1.19. The second-order valence-corrected chi connectivity index (χ2v) is 10.5. The van der Waals surface area contributed by atoms with E-state index in [2.05, 4.69) is 53.6 Å². The molecule has 9 heteroatoms. The summed E-state index contributed by atoms with van der Waals surface area (Å²) < 4.78 is 9.10. The number of benzene rings is 1. The molecule has 1 aliphatic carbocycles. The van der Waals surface area contributed by atoms with Gasteiger partial charge in [0.1, 0.15) is 23.6 Å². The number of fused-ring (bicyclic) bond motifs is 2. The molecule has 178 valence electrons. The van der Waals surface area contributed by atoms with Gasteiger partial charge in [-0.15, -0.1) is 0 Å². The van der Waals surface area contributed by atoms with Crippen molar-refractivity contribution >= 4 is 49.5 Å². The van der Waals surface area contributed by atoms with E-state index in [-0.39, 0.29) is 18.1 Å². The fourth-order valence-electron chi connectivity index (χ4n) is 5.10. The smallest absolute Gasteiger partial charge is 0.160 e. The van der Waals surface area contributed by atoms with Gasteiger partial charge in [-0.1, -0.05) is 12.1 Å². The fraction of sp³-hybridized carbons (Fsp3) is 0.400. The van der Waals surface area contributed by atoms with E-state index in [0.717, 1.165) is 52.1 Å². The van der Waals surface area contributed by atoms with Crippen LogP contribution in [0.4, 0.5) is 11.6 Å². The fourth-order valence-corrected chi connectivity index (χ4v) is 5.43. The molecule has 0 bridgehead atoms. The number of nitrogen functional groups attached to an aromatic ring is 2. The number of halogens is 1. The summed E-state index contributed by atoms with van der Waals surface area (Å²) in [7, 11) is 0. The van der Waals surface area contributed by atoms with Crippen LogP contribution in [0.25, 0.3) is 21.9 Å². The Morgan fingerprint density at radius 3 is 2.76 bits per heavy atom. The molecule has 5 rings (SSSR count). The van der Waals surface area contributed by atoms with Gasteiger partial charge >= 0.3 is 0 Å². The van der Waals surface area contributed by atoms with Crippen molar-refractivity contribution in [2.45, 2.75) is 57.5 Å². The van der Waals surface area contributed by atoms with Crippen LogP contribution >= 0.6 is 15.9 Å². The molecule has 1 fully saturated rings. The molecule has 1 aromatic carbocycles. The third-order valence-corrected chi connectivity index (χ3v) is 7.28. The van der Waals surface area contributed by atoms with Crippen molar-refractivity contribution in [3.05, 3.63) is 52.9 Å². The van der Waals surface area contributed by atoms with E-state index >= 15 is 0 Å². The lowest BCUT2D eigenvalue weighted by Gasteiger charge is -2.27. The summed E-state index contributed by atoms with van der Waals surface area (Å²) in [4.78, 5) is 13.1. The summed E-state index contributed by atoms with van der Waals surface area (Å²) in [5.41, 5.74) is 15.0. The normalized spacial score (nSPS) is 21.0. The van der Waals surface area contributed by atoms with Gasteiger partial charge in [-0.25, -0.2) is 15.0 Å². The summed E-state index contributed by atoms with van der Waals surface area (Å²) in [6, 6.07) is 10.5. The number of nitrogens with zero attached hydrogens (tertiary/aromatic N) is 4. The van der Waals surface area contributed by atoms with Crippen molar-refractivity contribution < 1.29 is 9.84 Å². The summed E-state index contributed by atoms with van der Waals surface area (Å²) in [5.74, 6) is 0.0678. The van der Waals surface area contributed by atoms with E-state index in [1.807, 2.05) is 18.3 Å². The first-order chi connectivity index (χ1) is 16.2. The van der Waals surface area contributed by atoms with Crippen molar-refractivity contribution in [2.24, 2.45) is 5.92 Å². The summed E-state index contributed by atoms with van der Waals surface area (Å²) >= 11 is 3.44. The molecule has 3 heterocycles. The van der Waals surface area contributed by atoms with Gasteiger partial charge in [0.15, 0.2) is 5.79 Å². The van der Waals surface area contributed by atoms with Crippen LogP contribution in [0.2, 0.25) is 0 Å². The standard InChI is InChI=1S/C25H29BrN6O2/c1-25(2,33)34-21-12-17(32-8-7-18-22(27)29-13-30-24(18)32)10-16(21)6-4-14-3-5-15-11-19(26)23(28)31-20(15)9-14/h3,5,7-9,11,13,16-17,21,33H,4,6,10,12H2,1-2H3,(H2,28,31)(H2,27,29,30)/t16-,17+,21-/m0/s1. The average molecular weight is 525 g/mol. The van der Waals surface area contributed by atoms with Crippen molar-refractivity contribution in [1.82, 2.24) is 19.5 Å². The Kier molecular flexibility index (Phi) is 5.95. The number of anilines is 2. The molecular weight excluding hydrogens is 496 g/mol. The monoisotopic (exact) mass is 524 g/mol. The second kappa shape index (κ2) is 8.79. The molecule has 0 spiro atoms. The molecule has 0 unspecified atom stereocenters. The SMILES string of the molecule is CC(C)(O)O[C@H]1C[C@H](n2ccc3c(N)ncnc32)C[C@@H]1CCc1ccc2cc(Br)c(N)nc2c1. The van der Waals surface area contributed by atoms with Crippen LogP contribution in [0, 0.1) is 5.92 Å². The highest BCUT2D eigenvalue weighted by molar-refractivity contribution is 9.10. The molecule has 3 aromatic heterocycles. The highest BCUT2D eigenvalue weighted by Gasteiger charge is 2.38. The Labute approximate surface area is 206 Å². The maximum Gasteiger partial charge on any atom is 0.160 e. The number of rotatable bonds is 6. The number of aromatic nitrogens is 4. The lowest BCUT2D eigenvalue weighted by Crippen LogP contribution is -2.32. The largest absolute Gasteiger partial charge is 0.383 e. The number of aryl methyl sites for hydroxylation is 1. The first-order valence-electron chi connectivity index (χ1n) is 11.5. The van der Waals surface area contributed by atoms with Gasteiger partial charge < -0.3 is 25.9 Å². The van der Waals surface area contributed by atoms with Crippen LogP contribution in [0.5, 0.6) is 0 Å². The number of hydrogen-bond donors (Lipinski definition) is 3. The Morgan fingerprint density at radius 2 is 1.97 bits per heavy atom. The molecule has 1 aliphatic rings. The molecule has 1 saturated carbocycles. The molecule has 3 atom stereocenters. The third kappa shape index (κ3) is 4.60. The highest BCUT2D eigenvalue weighted by atomic mass is 79.9. The number of aliphatic hydroxyl groups is 1. The summed E-state index contributed by atoms with van der Waals surface area (Å²) in [6.45, 7) is 3.38. The Bertz CT molecular complexity index is 1350. The molecular formula is C25H29BrN6O2. The lowest BCUT2D eigenvalue weighted by molar-refractivity contribution is -0.212. The third-order valence-electron chi connectivity index (χ3n) is 6.64. The van der Waals surface area contributed by atoms with E-state index in [4.69, 9.17) is 16.2 Å². The van der Waals surface area contributed by atoms with Crippen LogP contribution in [-0.2, 0) is 11.2 Å². The van der Waals surface area contributed by atoms with Crippen LogP contribution in [0.15, 0.2) is 47.3 Å². The van der Waals surface area contributed by atoms with E-state index in [1.54, 1.807) is 13.8 Å². The van der Waals surface area contributed by atoms with Crippen molar-refractivity contribution in [1.29, 1.82) is 0 Å². The van der Waals surface area contributed by atoms with Gasteiger partial charge in [-0.2, -0.15) is 0 Å². The molecule has 4 aromatic rings. The van der Waals surface area contributed by atoms with Crippen molar-refractivity contribution in [3.8, 4) is 0 Å². The zero-order valence-electron chi connectivity index (χ0n) is 19.3. The zero-order chi connectivity index (χ0) is 24.0. The number of pyridine rings is 1. The Balaban J connectivity index is 1.37. The summed E-state index contributed by atoms with van der Waals surface area (Å²) in [6.07, 6.45) is 7.02. The maximum atomic E-state index is 10.4. The minimum absolute atomic E-state index is 0.0631. The topological polar surface area (TPSA) is 125 Å². The molecule has 5 N–H and O–H groups in total. The quantitative estimate of drug-likeness (QED) is 0.314. The van der Waals surface area contributed by atoms with Gasteiger partial charge in [0.2, 0.25) is 0 Å². The molecule has 34 heavy (non-hydrogen) atoms. The molecule has 0 aliphatic heterocycles. The van der Waals surface area contributed by atoms with Crippen molar-refractivity contribution in [3.63, 3.8) is 0 Å². The first kappa shape index (κ1) is 23.0. The molecule has 0 amide bonds. The van der Waals surface area contributed by atoms with Crippen LogP contribution in [-0.4, -0.2) is 36.5 Å². The van der Waals surface area contributed by atoms with Crippen LogP contribution < -0.4 is 11.5 Å². The van der Waals surface area contributed by atoms with Gasteiger partial charge in [0.25, 0.3) is 0 Å². The van der Waals surface area contributed by atoms with Crippen LogP contribution in [0.1, 0.15) is 44.7 Å². The van der Waals surface area contributed by atoms with Gasteiger partial charge in [-0.3, -0.25) is 0 Å². The highest BCUT2D eigenvalue weighted by Crippen LogP contribution is 2.42. The summed E-state index contributed by atoms with van der Waals surface area (Å²) in [5, 5.41) is 12.3. The Morgan fingerprint density at radius 1 is 1.15 bits per heavy atom. The van der Waals surface area contributed by atoms with E-state index < -0.39 is 5.79 Å². The predicted octanol–water partition coefficient (Wildman–Crippen LogP) is 4.60. The van der Waals surface area contributed by atoms with Crippen molar-refractivity contribution in [2.75, 3.05) is 11.5 Å². The molecule has 8 nitrogen and oxygen atoms in total. The predicted molar refractivity (Wildman–Crippen MR) is 137 cm³/mol. The van der Waals surface area contributed by atoms with E-state index in [0.29, 0.717) is 11.6 Å². The average Bonchev–Trinajstić information content (AvgIpc) is 3.36. The van der Waals surface area contributed by atoms with Crippen LogP contribution in [0.3, 0.4) is 0 Å². The van der Waals surface area contributed by atoms with Gasteiger partial charge in [-0.05, 0) is 85.1 Å². The maximum absolute atomic E-state index is 10.4. The lowest BCUT2D eigenvalue weighted by atomic mass is 9.95. The first-order valence-corrected chi connectivity index (χ1v) is 12.3. The number of hydrogen-bond acceptors (Lipinski definition) is 7. The molecule has 0 radical (unpaired) electrons. The Hall–Kier alpha value is -2.75. The van der Waals surface area contributed by atoms with E-state index in [1.165, 1.54) is 11.9 Å². The minimum Gasteiger partial charge on any atom is -0.383 e. The van der Waals surface area contributed by atoms with Gasteiger partial charge in [0, 0.05) is 17.6 Å². The van der Waals surface area contributed by atoms with Gasteiger partial charge in [0.05, 0.1) is 21.5 Å². The zero-order valence-corrected chi connectivity index (χ0v) is 20.9. The van der Waals surface area contributed by atoms with E-state index in [9.17, 15) is 5.11 Å². The number of ether oxygens (including phenoxy) is 1. The molecule has 0 saturated heterocycles. The second-order valence-electron chi connectivity index (χ2n) is 9.63. The number of nitrogens with two attached hydrogens (primary N) is 2.